The zero-order chi connectivity index (χ0) is 39.7. The van der Waals surface area contributed by atoms with E-state index >= 15 is 0 Å². The lowest BCUT2D eigenvalue weighted by Gasteiger charge is -2.50. The monoisotopic (exact) mass is 747 g/mol. The first-order valence-electron chi connectivity index (χ1n) is 18.9. The van der Waals surface area contributed by atoms with Gasteiger partial charge in [-0.15, -0.1) is 0 Å². The van der Waals surface area contributed by atoms with Crippen molar-refractivity contribution < 1.29 is 63.2 Å². The number of methoxy groups -OCH3 is 2. The highest BCUT2D eigenvalue weighted by Gasteiger charge is 2.54. The number of cyclic esters (lactones) is 1. The van der Waals surface area contributed by atoms with Gasteiger partial charge in [-0.05, 0) is 74.9 Å². The maximum atomic E-state index is 14.2. The predicted octanol–water partition coefficient (Wildman–Crippen LogP) is 2.44. The number of rotatable bonds is 8. The minimum Gasteiger partial charge on any atom is -0.459 e. The number of carbonyl (C=O) groups excluding carboxylic acids is 2. The van der Waals surface area contributed by atoms with E-state index < -0.39 is 102 Å². The summed E-state index contributed by atoms with van der Waals surface area (Å²) in [6, 6.07) is -0.283. The zero-order valence-electron chi connectivity index (χ0n) is 33.9. The van der Waals surface area contributed by atoms with E-state index in [-0.39, 0.29) is 37.2 Å². The van der Waals surface area contributed by atoms with Crippen LogP contribution in [0.5, 0.6) is 0 Å². The van der Waals surface area contributed by atoms with Crippen molar-refractivity contribution in [1.82, 2.24) is 4.90 Å². The SMILES string of the molecule is CC[C@H]1OC(=O)[C@H](C)[C@@H](O[C@H]2C[C@@](C)(OC)[C@@H](O)[C@H](C)O2)C(C)[C@@H](O[C@@H]2O[C@H](C)C[C@H](N(C)C)C2O)[C@](C)(OC)C[C@@H](C)C(=O)[C@H](C)[C@@H](O)[C@]1(C)O. The van der Waals surface area contributed by atoms with Crippen LogP contribution >= 0.6 is 0 Å². The number of esters is 1. The fourth-order valence-corrected chi connectivity index (χ4v) is 8.58. The van der Waals surface area contributed by atoms with E-state index in [0.717, 1.165) is 0 Å². The normalized spacial score (nSPS) is 49.0. The fraction of sp³-hybridized carbons (Fsp3) is 0.947. The quantitative estimate of drug-likeness (QED) is 0.266. The maximum Gasteiger partial charge on any atom is 0.311 e. The molecule has 3 saturated heterocycles. The van der Waals surface area contributed by atoms with Crippen LogP contribution < -0.4 is 0 Å². The Morgan fingerprint density at radius 1 is 0.846 bits per heavy atom. The van der Waals surface area contributed by atoms with Crippen molar-refractivity contribution in [2.45, 2.75) is 179 Å². The van der Waals surface area contributed by atoms with Gasteiger partial charge in [0, 0.05) is 44.4 Å². The summed E-state index contributed by atoms with van der Waals surface area (Å²) in [5, 5.41) is 45.6. The predicted molar refractivity (Wildman–Crippen MR) is 191 cm³/mol. The third kappa shape index (κ3) is 9.38. The first-order chi connectivity index (χ1) is 24.0. The Kier molecular flexibility index (Phi) is 15.3. The molecule has 0 aromatic heterocycles. The van der Waals surface area contributed by atoms with Crippen LogP contribution in [0.2, 0.25) is 0 Å². The van der Waals surface area contributed by atoms with Gasteiger partial charge in [0.15, 0.2) is 12.6 Å². The topological polar surface area (TPSA) is 183 Å². The van der Waals surface area contributed by atoms with Crippen molar-refractivity contribution in [3.05, 3.63) is 0 Å². The van der Waals surface area contributed by atoms with Crippen molar-refractivity contribution >= 4 is 11.8 Å². The lowest BCUT2D eigenvalue weighted by Crippen LogP contribution is -2.61. The fourth-order valence-electron chi connectivity index (χ4n) is 8.58. The van der Waals surface area contributed by atoms with Gasteiger partial charge in [0.2, 0.25) is 0 Å². The molecule has 3 aliphatic heterocycles. The summed E-state index contributed by atoms with van der Waals surface area (Å²) >= 11 is 0. The molecule has 3 fully saturated rings. The summed E-state index contributed by atoms with van der Waals surface area (Å²) in [4.78, 5) is 30.1. The Morgan fingerprint density at radius 3 is 1.98 bits per heavy atom. The van der Waals surface area contributed by atoms with Crippen molar-refractivity contribution in [2.24, 2.45) is 23.7 Å². The molecule has 0 radical (unpaired) electrons. The molecule has 4 N–H and O–H groups in total. The first-order valence-corrected chi connectivity index (χ1v) is 18.9. The average Bonchev–Trinajstić information content (AvgIpc) is 3.09. The molecule has 14 nitrogen and oxygen atoms in total. The Hall–Kier alpha value is -1.30. The molecular formula is C38H69NO13. The third-order valence-electron chi connectivity index (χ3n) is 12.3. The minimum absolute atomic E-state index is 0.111. The molecule has 52 heavy (non-hydrogen) atoms. The molecule has 0 bridgehead atoms. The molecule has 0 spiro atoms. The highest BCUT2D eigenvalue weighted by Crippen LogP contribution is 2.41. The van der Waals surface area contributed by atoms with Gasteiger partial charge in [0.25, 0.3) is 0 Å². The van der Waals surface area contributed by atoms with Crippen molar-refractivity contribution in [2.75, 3.05) is 28.3 Å². The Bertz CT molecular complexity index is 1190. The number of hydrogen-bond acceptors (Lipinski definition) is 14. The summed E-state index contributed by atoms with van der Waals surface area (Å²) in [6.07, 6.45) is -8.73. The summed E-state index contributed by atoms with van der Waals surface area (Å²) in [5.41, 5.74) is -4.24. The summed E-state index contributed by atoms with van der Waals surface area (Å²) < 4.78 is 43.9. The molecule has 0 amide bonds. The second-order valence-electron chi connectivity index (χ2n) is 16.6. The molecule has 0 saturated carbocycles. The number of Topliss-reactive ketones (excluding diaryl/α,β-unsaturated/α-hetero) is 1. The van der Waals surface area contributed by atoms with Crippen LogP contribution in [0.25, 0.3) is 0 Å². The van der Waals surface area contributed by atoms with E-state index in [2.05, 4.69) is 0 Å². The van der Waals surface area contributed by atoms with Crippen LogP contribution in [-0.2, 0) is 42.7 Å². The number of ketones is 1. The smallest absolute Gasteiger partial charge is 0.311 e. The number of nitrogens with zero attached hydrogens (tertiary/aromatic N) is 1. The average molecular weight is 748 g/mol. The molecule has 0 aromatic carbocycles. The molecule has 3 rings (SSSR count). The van der Waals surface area contributed by atoms with E-state index in [1.807, 2.05) is 32.8 Å². The molecule has 2 unspecified atom stereocenters. The summed E-state index contributed by atoms with van der Waals surface area (Å²) in [5.74, 6) is -4.47. The summed E-state index contributed by atoms with van der Waals surface area (Å²) in [7, 11) is 6.77. The third-order valence-corrected chi connectivity index (χ3v) is 12.3. The van der Waals surface area contributed by atoms with Gasteiger partial charge in [-0.25, -0.2) is 0 Å². The van der Waals surface area contributed by atoms with E-state index in [9.17, 15) is 30.0 Å². The molecule has 3 aliphatic rings. The van der Waals surface area contributed by atoms with Crippen LogP contribution in [0.3, 0.4) is 0 Å². The van der Waals surface area contributed by atoms with Crippen molar-refractivity contribution in [3.63, 3.8) is 0 Å². The Balaban J connectivity index is 2.22. The van der Waals surface area contributed by atoms with Gasteiger partial charge >= 0.3 is 5.97 Å². The first kappa shape index (κ1) is 45.1. The van der Waals surface area contributed by atoms with Crippen LogP contribution in [0, 0.1) is 23.7 Å². The van der Waals surface area contributed by atoms with E-state index in [0.29, 0.717) is 6.42 Å². The van der Waals surface area contributed by atoms with Gasteiger partial charge in [0.05, 0.1) is 47.6 Å². The highest BCUT2D eigenvalue weighted by molar-refractivity contribution is 5.83. The number of ether oxygens (including phenoxy) is 7. The number of aliphatic hydroxyl groups is 4. The molecular weight excluding hydrogens is 678 g/mol. The van der Waals surface area contributed by atoms with E-state index in [1.54, 1.807) is 48.5 Å². The molecule has 18 atom stereocenters. The Labute approximate surface area is 310 Å². The van der Waals surface area contributed by atoms with Crippen LogP contribution in [0.4, 0.5) is 0 Å². The van der Waals surface area contributed by atoms with Gasteiger partial charge in [-0.1, -0.05) is 27.7 Å². The van der Waals surface area contributed by atoms with E-state index in [4.69, 9.17) is 33.2 Å². The number of aliphatic hydroxyl groups excluding tert-OH is 3. The van der Waals surface area contributed by atoms with Crippen LogP contribution in [0.1, 0.15) is 94.9 Å². The second kappa shape index (κ2) is 17.7. The maximum absolute atomic E-state index is 14.2. The van der Waals surface area contributed by atoms with Gasteiger partial charge in [0.1, 0.15) is 29.7 Å². The molecule has 14 heteroatoms. The van der Waals surface area contributed by atoms with Crippen LogP contribution in [-0.4, -0.2) is 150 Å². The largest absolute Gasteiger partial charge is 0.459 e. The Morgan fingerprint density at radius 2 is 1.44 bits per heavy atom. The number of carbonyl (C=O) groups is 2. The van der Waals surface area contributed by atoms with Gasteiger partial charge in [-0.3, -0.25) is 9.59 Å². The second-order valence-corrected chi connectivity index (χ2v) is 16.6. The van der Waals surface area contributed by atoms with E-state index in [1.165, 1.54) is 21.1 Å². The molecule has 304 valence electrons. The number of likely N-dealkylation sites (N-methyl/N-ethyl adjacent to an activating group) is 1. The van der Waals surface area contributed by atoms with Crippen molar-refractivity contribution in [3.8, 4) is 0 Å². The standard InChI is InChI=1S/C38H69NO13/c1-15-26-38(10,45)31(42)21(4)28(40)19(2)17-37(9,47-14)33(52-35-29(41)25(39(11)12)16-20(3)48-35)22(5)30(23(6)34(44)50-26)51-27-18-36(8,46-13)32(43)24(7)49-27/h19-27,29-33,35,41-43,45H,15-18H2,1-14H3/t19-,20-,21+,22?,23-,24+,25+,26-,27+,29?,30+,31-,32+,33-,35+,36-,37-,38-/m1/s1. The molecule has 0 aromatic rings. The van der Waals surface area contributed by atoms with Gasteiger partial charge < -0.3 is 58.5 Å². The van der Waals surface area contributed by atoms with Crippen LogP contribution in [0.15, 0.2) is 0 Å². The highest BCUT2D eigenvalue weighted by atomic mass is 16.7. The lowest BCUT2D eigenvalue weighted by atomic mass is 9.74. The molecule has 3 heterocycles. The lowest BCUT2D eigenvalue weighted by molar-refractivity contribution is -0.319. The number of hydrogen-bond donors (Lipinski definition) is 4. The molecule has 0 aliphatic carbocycles. The van der Waals surface area contributed by atoms with Gasteiger partial charge in [-0.2, -0.15) is 0 Å². The zero-order valence-corrected chi connectivity index (χ0v) is 33.9. The minimum atomic E-state index is -1.96. The van der Waals surface area contributed by atoms with Crippen molar-refractivity contribution in [1.29, 1.82) is 0 Å². The summed E-state index contributed by atoms with van der Waals surface area (Å²) in [6.45, 7) is 17.1.